The largest absolute Gasteiger partial charge is 0.356 e. The van der Waals surface area contributed by atoms with Crippen LogP contribution in [0.4, 0.5) is 0 Å². The van der Waals surface area contributed by atoms with Crippen molar-refractivity contribution < 1.29 is 4.79 Å². The second kappa shape index (κ2) is 7.79. The van der Waals surface area contributed by atoms with E-state index in [-0.39, 0.29) is 17.5 Å². The van der Waals surface area contributed by atoms with Gasteiger partial charge in [-0.2, -0.15) is 5.10 Å². The van der Waals surface area contributed by atoms with Crippen LogP contribution < -0.4 is 10.9 Å². The molecule has 28 heavy (non-hydrogen) atoms. The molecule has 0 spiro atoms. The van der Waals surface area contributed by atoms with E-state index in [1.165, 1.54) is 11.8 Å². The van der Waals surface area contributed by atoms with E-state index in [4.69, 9.17) is 4.98 Å². The minimum atomic E-state index is -0.173. The fourth-order valence-corrected chi connectivity index (χ4v) is 4.55. The topological polar surface area (TPSA) is 81.8 Å². The number of amides is 1. The van der Waals surface area contributed by atoms with Gasteiger partial charge in [-0.3, -0.25) is 14.2 Å². The summed E-state index contributed by atoms with van der Waals surface area (Å²) in [6.07, 6.45) is 3.86. The summed E-state index contributed by atoms with van der Waals surface area (Å²) in [5.41, 5.74) is 2.42. The number of aromatic nitrogens is 4. The van der Waals surface area contributed by atoms with Crippen molar-refractivity contribution >= 4 is 28.7 Å². The molecule has 1 aromatic carbocycles. The van der Waals surface area contributed by atoms with E-state index in [2.05, 4.69) is 17.3 Å². The molecule has 1 unspecified atom stereocenters. The zero-order valence-electron chi connectivity index (χ0n) is 16.0. The van der Waals surface area contributed by atoms with Gasteiger partial charge in [0.15, 0.2) is 10.8 Å². The van der Waals surface area contributed by atoms with E-state index in [0.717, 1.165) is 24.1 Å². The lowest BCUT2D eigenvalue weighted by Gasteiger charge is -2.13. The van der Waals surface area contributed by atoms with Gasteiger partial charge in [-0.05, 0) is 31.0 Å². The lowest BCUT2D eigenvalue weighted by atomic mass is 10.2. The Morgan fingerprint density at radius 1 is 1.39 bits per heavy atom. The van der Waals surface area contributed by atoms with Gasteiger partial charge in [0, 0.05) is 18.7 Å². The van der Waals surface area contributed by atoms with E-state index < -0.39 is 0 Å². The molecule has 0 fully saturated rings. The van der Waals surface area contributed by atoms with Crippen LogP contribution in [-0.2, 0) is 4.79 Å². The first-order chi connectivity index (χ1) is 13.6. The Balaban J connectivity index is 1.66. The molecule has 1 aliphatic rings. The van der Waals surface area contributed by atoms with Gasteiger partial charge in [-0.25, -0.2) is 9.67 Å². The van der Waals surface area contributed by atoms with Gasteiger partial charge < -0.3 is 5.32 Å². The highest BCUT2D eigenvalue weighted by molar-refractivity contribution is 7.99. The molecule has 3 aromatic rings. The SMILES string of the molecule is CCCCNC(=O)CC1CSc2nc3c(cnn3-c3cccc(C)c3)c(=O)n21. The fourth-order valence-electron chi connectivity index (χ4n) is 3.42. The van der Waals surface area contributed by atoms with Crippen molar-refractivity contribution in [1.29, 1.82) is 0 Å². The number of aryl methyl sites for hydroxylation is 1. The van der Waals surface area contributed by atoms with Crippen molar-refractivity contribution in [1.82, 2.24) is 24.6 Å². The Morgan fingerprint density at radius 3 is 3.04 bits per heavy atom. The molecule has 7 nitrogen and oxygen atoms in total. The summed E-state index contributed by atoms with van der Waals surface area (Å²) in [6.45, 7) is 4.78. The minimum absolute atomic E-state index is 0.0191. The van der Waals surface area contributed by atoms with Crippen LogP contribution in [0, 0.1) is 6.92 Å². The Kier molecular flexibility index (Phi) is 5.21. The molecule has 2 aromatic heterocycles. The van der Waals surface area contributed by atoms with Crippen LogP contribution in [0.2, 0.25) is 0 Å². The van der Waals surface area contributed by atoms with Gasteiger partial charge in [-0.15, -0.1) is 0 Å². The highest BCUT2D eigenvalue weighted by Crippen LogP contribution is 2.33. The molecule has 0 aliphatic carbocycles. The molecule has 0 saturated heterocycles. The summed E-state index contributed by atoms with van der Waals surface area (Å²) < 4.78 is 3.37. The molecule has 1 atom stereocenters. The van der Waals surface area contributed by atoms with E-state index in [1.807, 2.05) is 31.2 Å². The number of thioether (sulfide) groups is 1. The maximum atomic E-state index is 13.1. The fraction of sp³-hybridized carbons (Fsp3) is 0.400. The summed E-state index contributed by atoms with van der Waals surface area (Å²) in [7, 11) is 0. The second-order valence-electron chi connectivity index (χ2n) is 7.07. The van der Waals surface area contributed by atoms with Crippen molar-refractivity contribution in [3.8, 4) is 5.69 Å². The minimum Gasteiger partial charge on any atom is -0.356 e. The van der Waals surface area contributed by atoms with Crippen molar-refractivity contribution in [2.45, 2.75) is 44.3 Å². The third-order valence-electron chi connectivity index (χ3n) is 4.89. The molecule has 1 amide bonds. The molecule has 146 valence electrons. The number of nitrogens with zero attached hydrogens (tertiary/aromatic N) is 4. The van der Waals surface area contributed by atoms with Crippen molar-refractivity contribution in [3.05, 3.63) is 46.4 Å². The number of unbranched alkanes of at least 4 members (excludes halogenated alkanes) is 1. The van der Waals surface area contributed by atoms with Crippen molar-refractivity contribution in [2.75, 3.05) is 12.3 Å². The maximum Gasteiger partial charge on any atom is 0.265 e. The summed E-state index contributed by atoms with van der Waals surface area (Å²) in [5.74, 6) is 0.655. The molecule has 8 heteroatoms. The predicted molar refractivity (Wildman–Crippen MR) is 110 cm³/mol. The van der Waals surface area contributed by atoms with Crippen molar-refractivity contribution in [2.24, 2.45) is 0 Å². The molecule has 0 bridgehead atoms. The molecule has 3 heterocycles. The van der Waals surface area contributed by atoms with Gasteiger partial charge >= 0.3 is 0 Å². The summed E-state index contributed by atoms with van der Waals surface area (Å²) in [6, 6.07) is 7.76. The van der Waals surface area contributed by atoms with Crippen LogP contribution in [0.1, 0.15) is 37.8 Å². The number of rotatable bonds is 6. The molecular weight excluding hydrogens is 374 g/mol. The number of hydrogen-bond donors (Lipinski definition) is 1. The Bertz CT molecular complexity index is 1090. The first kappa shape index (κ1) is 18.7. The zero-order chi connectivity index (χ0) is 19.7. The first-order valence-corrected chi connectivity index (χ1v) is 10.5. The summed E-state index contributed by atoms with van der Waals surface area (Å²) in [5, 5.41) is 8.45. The second-order valence-corrected chi connectivity index (χ2v) is 8.06. The van der Waals surface area contributed by atoms with E-state index >= 15 is 0 Å². The Hall–Kier alpha value is -2.61. The molecule has 1 aliphatic heterocycles. The van der Waals surface area contributed by atoms with Gasteiger partial charge in [-0.1, -0.05) is 37.2 Å². The lowest BCUT2D eigenvalue weighted by Crippen LogP contribution is -2.31. The number of hydrogen-bond acceptors (Lipinski definition) is 5. The highest BCUT2D eigenvalue weighted by atomic mass is 32.2. The molecule has 4 rings (SSSR count). The third kappa shape index (κ3) is 3.44. The number of fused-ring (bicyclic) bond motifs is 2. The first-order valence-electron chi connectivity index (χ1n) is 9.55. The lowest BCUT2D eigenvalue weighted by molar-refractivity contribution is -0.121. The Labute approximate surface area is 167 Å². The van der Waals surface area contributed by atoms with Crippen LogP contribution in [0.3, 0.4) is 0 Å². The van der Waals surface area contributed by atoms with E-state index in [9.17, 15) is 9.59 Å². The Morgan fingerprint density at radius 2 is 2.25 bits per heavy atom. The number of nitrogens with one attached hydrogen (secondary N) is 1. The van der Waals surface area contributed by atoms with Gasteiger partial charge in [0.05, 0.1) is 17.9 Å². The van der Waals surface area contributed by atoms with Crippen LogP contribution >= 0.6 is 11.8 Å². The number of benzene rings is 1. The standard InChI is InChI=1S/C20H23N5O2S/c1-3-4-8-21-17(26)10-15-12-28-20-23-18-16(19(27)24(15)20)11-22-25(18)14-7-5-6-13(2)9-14/h5-7,9,11,15H,3-4,8,10,12H2,1-2H3,(H,21,26). The summed E-state index contributed by atoms with van der Waals surface area (Å²) in [4.78, 5) is 30.0. The molecule has 0 saturated carbocycles. The molecular formula is C20H23N5O2S. The predicted octanol–water partition coefficient (Wildman–Crippen LogP) is 2.84. The summed E-state index contributed by atoms with van der Waals surface area (Å²) >= 11 is 1.52. The third-order valence-corrected chi connectivity index (χ3v) is 5.99. The quantitative estimate of drug-likeness (QED) is 0.511. The van der Waals surface area contributed by atoms with Gasteiger partial charge in [0.2, 0.25) is 5.91 Å². The zero-order valence-corrected chi connectivity index (χ0v) is 16.8. The van der Waals surface area contributed by atoms with Crippen LogP contribution in [0.5, 0.6) is 0 Å². The van der Waals surface area contributed by atoms with E-state index in [0.29, 0.717) is 34.9 Å². The number of carbonyl (C=O) groups excluding carboxylic acids is 1. The van der Waals surface area contributed by atoms with Crippen LogP contribution in [0.25, 0.3) is 16.7 Å². The maximum absolute atomic E-state index is 13.1. The molecule has 0 radical (unpaired) electrons. The van der Waals surface area contributed by atoms with Crippen LogP contribution in [0.15, 0.2) is 40.4 Å². The van der Waals surface area contributed by atoms with Crippen molar-refractivity contribution in [3.63, 3.8) is 0 Å². The monoisotopic (exact) mass is 397 g/mol. The average molecular weight is 398 g/mol. The molecule has 1 N–H and O–H groups in total. The average Bonchev–Trinajstić information content (AvgIpc) is 3.27. The van der Waals surface area contributed by atoms with E-state index in [1.54, 1.807) is 15.4 Å². The van der Waals surface area contributed by atoms with Crippen LogP contribution in [-0.4, -0.2) is 37.5 Å². The number of carbonyl (C=O) groups is 1. The van der Waals surface area contributed by atoms with Gasteiger partial charge in [0.25, 0.3) is 5.56 Å². The van der Waals surface area contributed by atoms with Gasteiger partial charge in [0.1, 0.15) is 5.39 Å². The normalized spacial score (nSPS) is 15.7. The highest BCUT2D eigenvalue weighted by Gasteiger charge is 2.29. The smallest absolute Gasteiger partial charge is 0.265 e.